The number of nitrogens with zero attached hydrogens (tertiary/aromatic N) is 2. The first-order chi connectivity index (χ1) is 9.76. The molecule has 20 heavy (non-hydrogen) atoms. The zero-order valence-corrected chi connectivity index (χ0v) is 12.0. The van der Waals surface area contributed by atoms with Gasteiger partial charge >= 0.3 is 0 Å². The summed E-state index contributed by atoms with van der Waals surface area (Å²) in [5, 5.41) is 3.34. The normalized spacial score (nSPS) is 10.6. The van der Waals surface area contributed by atoms with E-state index in [-0.39, 0.29) is 5.82 Å². The van der Waals surface area contributed by atoms with Gasteiger partial charge in [-0.1, -0.05) is 20.3 Å². The Balaban J connectivity index is 2.42. The highest BCUT2D eigenvalue weighted by molar-refractivity contribution is 5.68. The summed E-state index contributed by atoms with van der Waals surface area (Å²) in [6, 6.07) is 6.46. The molecular weight excluding hydrogens is 253 g/mol. The molecule has 3 nitrogen and oxygen atoms in total. The quantitative estimate of drug-likeness (QED) is 0.862. The van der Waals surface area contributed by atoms with Crippen LogP contribution >= 0.6 is 0 Å². The molecule has 0 amide bonds. The second-order valence-electron chi connectivity index (χ2n) is 4.73. The number of halogens is 1. The summed E-state index contributed by atoms with van der Waals surface area (Å²) in [5.41, 5.74) is 2.92. The van der Waals surface area contributed by atoms with Crippen molar-refractivity contribution in [2.45, 2.75) is 33.1 Å². The van der Waals surface area contributed by atoms with Crippen LogP contribution in [-0.2, 0) is 6.42 Å². The molecule has 0 atom stereocenters. The van der Waals surface area contributed by atoms with Crippen LogP contribution in [0.15, 0.2) is 30.6 Å². The van der Waals surface area contributed by atoms with Gasteiger partial charge in [-0.25, -0.2) is 14.4 Å². The predicted octanol–water partition coefficient (Wildman–Crippen LogP) is 4.06. The Morgan fingerprint density at radius 1 is 1.05 bits per heavy atom. The lowest BCUT2D eigenvalue weighted by atomic mass is 10.0. The van der Waals surface area contributed by atoms with Crippen LogP contribution in [0.5, 0.6) is 0 Å². The van der Waals surface area contributed by atoms with Crippen molar-refractivity contribution < 1.29 is 4.39 Å². The number of rotatable bonds is 6. The fraction of sp³-hybridized carbons (Fsp3) is 0.375. The average molecular weight is 273 g/mol. The molecule has 0 spiro atoms. The highest BCUT2D eigenvalue weighted by Crippen LogP contribution is 2.27. The second kappa shape index (κ2) is 6.98. The SMILES string of the molecule is CCCNc1ncnc(-c2ccc(F)cc2)c1CCC. The van der Waals surface area contributed by atoms with E-state index in [0.717, 1.165) is 48.4 Å². The summed E-state index contributed by atoms with van der Waals surface area (Å²) in [6.07, 6.45) is 4.53. The fourth-order valence-electron chi connectivity index (χ4n) is 2.15. The lowest BCUT2D eigenvalue weighted by Gasteiger charge is -2.13. The van der Waals surface area contributed by atoms with E-state index in [1.54, 1.807) is 18.5 Å². The molecule has 2 aromatic rings. The van der Waals surface area contributed by atoms with Gasteiger partial charge in [-0.2, -0.15) is 0 Å². The van der Waals surface area contributed by atoms with Crippen molar-refractivity contribution in [3.8, 4) is 11.3 Å². The van der Waals surface area contributed by atoms with Crippen molar-refractivity contribution in [3.05, 3.63) is 42.0 Å². The number of anilines is 1. The first kappa shape index (κ1) is 14.4. The second-order valence-corrected chi connectivity index (χ2v) is 4.73. The zero-order valence-electron chi connectivity index (χ0n) is 12.0. The van der Waals surface area contributed by atoms with Gasteiger partial charge in [-0.15, -0.1) is 0 Å². The van der Waals surface area contributed by atoms with Crippen LogP contribution in [0.4, 0.5) is 10.2 Å². The fourth-order valence-corrected chi connectivity index (χ4v) is 2.15. The highest BCUT2D eigenvalue weighted by Gasteiger charge is 2.12. The number of benzene rings is 1. The third-order valence-corrected chi connectivity index (χ3v) is 3.11. The van der Waals surface area contributed by atoms with Crippen LogP contribution < -0.4 is 5.32 Å². The van der Waals surface area contributed by atoms with Crippen molar-refractivity contribution in [2.75, 3.05) is 11.9 Å². The molecule has 0 aliphatic rings. The summed E-state index contributed by atoms with van der Waals surface area (Å²) >= 11 is 0. The van der Waals surface area contributed by atoms with Gasteiger partial charge < -0.3 is 5.32 Å². The molecule has 0 unspecified atom stereocenters. The van der Waals surface area contributed by atoms with Gasteiger partial charge in [0.25, 0.3) is 0 Å². The smallest absolute Gasteiger partial charge is 0.133 e. The van der Waals surface area contributed by atoms with Crippen LogP contribution in [0.2, 0.25) is 0 Å². The molecule has 4 heteroatoms. The van der Waals surface area contributed by atoms with E-state index >= 15 is 0 Å². The molecule has 0 saturated heterocycles. The number of hydrogen-bond acceptors (Lipinski definition) is 3. The van der Waals surface area contributed by atoms with E-state index in [9.17, 15) is 4.39 Å². The summed E-state index contributed by atoms with van der Waals surface area (Å²) < 4.78 is 13.1. The predicted molar refractivity (Wildman–Crippen MR) is 80.2 cm³/mol. The minimum absolute atomic E-state index is 0.232. The first-order valence-electron chi connectivity index (χ1n) is 7.10. The summed E-state index contributed by atoms with van der Waals surface area (Å²) in [6.45, 7) is 5.14. The monoisotopic (exact) mass is 273 g/mol. The maximum atomic E-state index is 13.1. The zero-order chi connectivity index (χ0) is 14.4. The number of nitrogens with one attached hydrogen (secondary N) is 1. The van der Waals surface area contributed by atoms with E-state index in [2.05, 4.69) is 29.1 Å². The molecule has 0 aliphatic carbocycles. The van der Waals surface area contributed by atoms with Gasteiger partial charge in [0.05, 0.1) is 5.69 Å². The molecule has 0 aliphatic heterocycles. The molecule has 0 fully saturated rings. The minimum Gasteiger partial charge on any atom is -0.370 e. The summed E-state index contributed by atoms with van der Waals surface area (Å²) in [7, 11) is 0. The van der Waals surface area contributed by atoms with Crippen molar-refractivity contribution in [1.82, 2.24) is 9.97 Å². The third-order valence-electron chi connectivity index (χ3n) is 3.11. The Kier molecular flexibility index (Phi) is 5.04. The summed E-state index contributed by atoms with van der Waals surface area (Å²) in [5.74, 6) is 0.659. The molecule has 0 radical (unpaired) electrons. The topological polar surface area (TPSA) is 37.8 Å². The van der Waals surface area contributed by atoms with E-state index in [1.807, 2.05) is 0 Å². The van der Waals surface area contributed by atoms with E-state index in [0.29, 0.717) is 0 Å². The molecule has 1 aromatic carbocycles. The third kappa shape index (κ3) is 3.32. The lowest BCUT2D eigenvalue weighted by Crippen LogP contribution is -2.07. The highest BCUT2D eigenvalue weighted by atomic mass is 19.1. The standard InChI is InChI=1S/C16H20FN3/c1-3-5-14-15(12-6-8-13(17)9-7-12)19-11-20-16(14)18-10-4-2/h6-9,11H,3-5,10H2,1-2H3,(H,18,19,20). The maximum Gasteiger partial charge on any atom is 0.133 e. The first-order valence-corrected chi connectivity index (χ1v) is 7.10. The van der Waals surface area contributed by atoms with Gasteiger partial charge in [0.15, 0.2) is 0 Å². The van der Waals surface area contributed by atoms with Gasteiger partial charge in [0.1, 0.15) is 18.0 Å². The lowest BCUT2D eigenvalue weighted by molar-refractivity contribution is 0.628. The molecule has 0 saturated carbocycles. The molecule has 1 heterocycles. The maximum absolute atomic E-state index is 13.1. The molecule has 2 rings (SSSR count). The van der Waals surface area contributed by atoms with Crippen molar-refractivity contribution in [3.63, 3.8) is 0 Å². The van der Waals surface area contributed by atoms with Crippen LogP contribution in [0.1, 0.15) is 32.3 Å². The van der Waals surface area contributed by atoms with E-state index in [4.69, 9.17) is 0 Å². The molecule has 1 N–H and O–H groups in total. The Morgan fingerprint density at radius 3 is 2.45 bits per heavy atom. The van der Waals surface area contributed by atoms with Crippen molar-refractivity contribution in [2.24, 2.45) is 0 Å². The molecule has 1 aromatic heterocycles. The van der Waals surface area contributed by atoms with Crippen LogP contribution in [0.25, 0.3) is 11.3 Å². The van der Waals surface area contributed by atoms with Crippen LogP contribution in [0.3, 0.4) is 0 Å². The van der Waals surface area contributed by atoms with Gasteiger partial charge in [-0.05, 0) is 37.1 Å². The van der Waals surface area contributed by atoms with E-state index < -0.39 is 0 Å². The Labute approximate surface area is 119 Å². The van der Waals surface area contributed by atoms with Gasteiger partial charge in [0.2, 0.25) is 0 Å². The van der Waals surface area contributed by atoms with Crippen LogP contribution in [0, 0.1) is 5.82 Å². The van der Waals surface area contributed by atoms with E-state index in [1.165, 1.54) is 12.1 Å². The Bertz CT molecular complexity index is 552. The number of hydrogen-bond donors (Lipinski definition) is 1. The van der Waals surface area contributed by atoms with Crippen LogP contribution in [-0.4, -0.2) is 16.5 Å². The van der Waals surface area contributed by atoms with Gasteiger partial charge in [-0.3, -0.25) is 0 Å². The summed E-state index contributed by atoms with van der Waals surface area (Å²) in [4.78, 5) is 8.73. The van der Waals surface area contributed by atoms with Crippen molar-refractivity contribution >= 4 is 5.82 Å². The van der Waals surface area contributed by atoms with Gasteiger partial charge in [0, 0.05) is 17.7 Å². The average Bonchev–Trinajstić information content (AvgIpc) is 2.47. The molecule has 106 valence electrons. The largest absolute Gasteiger partial charge is 0.370 e. The Hall–Kier alpha value is -1.97. The van der Waals surface area contributed by atoms with Crippen molar-refractivity contribution in [1.29, 1.82) is 0 Å². The molecular formula is C16H20FN3. The molecule has 0 bridgehead atoms. The number of aromatic nitrogens is 2. The Morgan fingerprint density at radius 2 is 1.80 bits per heavy atom. The minimum atomic E-state index is -0.232.